The van der Waals surface area contributed by atoms with E-state index in [0.717, 1.165) is 5.56 Å². The maximum atomic E-state index is 11.8. The Balaban J connectivity index is 2.29. The Hall–Kier alpha value is -1.00. The molecule has 1 aromatic carbocycles. The minimum atomic E-state index is -2.41. The minimum Gasteiger partial charge on any atom is -0.375 e. The van der Waals surface area contributed by atoms with Crippen molar-refractivity contribution in [3.8, 4) is 0 Å². The van der Waals surface area contributed by atoms with Crippen LogP contribution in [0.5, 0.6) is 0 Å². The number of nitrogens with two attached hydrogens (primary N) is 1. The molecule has 1 unspecified atom stereocenters. The highest BCUT2D eigenvalue weighted by molar-refractivity contribution is 5.23. The molecule has 0 saturated carbocycles. The first-order valence-corrected chi connectivity index (χ1v) is 5.27. The summed E-state index contributed by atoms with van der Waals surface area (Å²) < 4.78 is 28.3. The molecule has 1 aromatic rings. The molecular weight excluding hydrogens is 212 g/mol. The maximum Gasteiger partial charge on any atom is 0.261 e. The lowest BCUT2D eigenvalue weighted by Gasteiger charge is -2.12. The van der Waals surface area contributed by atoms with Crippen molar-refractivity contribution < 1.29 is 13.5 Å². The highest BCUT2D eigenvalue weighted by Gasteiger charge is 2.07. The number of hydrogen-bond acceptors (Lipinski definition) is 2. The molecular formula is C12H17F2NO. The van der Waals surface area contributed by atoms with Crippen LogP contribution in [0, 0.1) is 6.92 Å². The van der Waals surface area contributed by atoms with Crippen LogP contribution in [0.4, 0.5) is 8.78 Å². The quantitative estimate of drug-likeness (QED) is 0.761. The van der Waals surface area contributed by atoms with Gasteiger partial charge in [0.25, 0.3) is 6.43 Å². The summed E-state index contributed by atoms with van der Waals surface area (Å²) in [6.45, 7) is 1.75. The summed E-state index contributed by atoms with van der Waals surface area (Å²) in [6, 6.07) is 7.71. The van der Waals surface area contributed by atoms with Crippen LogP contribution in [0.3, 0.4) is 0 Å². The fourth-order valence-corrected chi connectivity index (χ4v) is 1.36. The highest BCUT2D eigenvalue weighted by Crippen LogP contribution is 2.14. The molecule has 0 heterocycles. The lowest BCUT2D eigenvalue weighted by Crippen LogP contribution is -2.14. The number of aryl methyl sites for hydroxylation is 1. The Morgan fingerprint density at radius 2 is 1.88 bits per heavy atom. The molecule has 0 aliphatic heterocycles. The van der Waals surface area contributed by atoms with Crippen LogP contribution in [0.2, 0.25) is 0 Å². The summed E-state index contributed by atoms with van der Waals surface area (Å²) in [4.78, 5) is 0. The maximum absolute atomic E-state index is 11.8. The zero-order valence-electron chi connectivity index (χ0n) is 9.33. The first-order valence-electron chi connectivity index (χ1n) is 5.27. The standard InChI is InChI=1S/C12H17F2NO/c1-9-2-4-10(5-3-9)11(15)6-7-16-8-12(13)14/h2-5,11-12H,6-8,15H2,1H3. The Morgan fingerprint density at radius 3 is 2.44 bits per heavy atom. The van der Waals surface area contributed by atoms with E-state index in [1.807, 2.05) is 31.2 Å². The molecule has 0 bridgehead atoms. The number of ether oxygens (including phenoxy) is 1. The van der Waals surface area contributed by atoms with Crippen LogP contribution in [-0.2, 0) is 4.74 Å². The van der Waals surface area contributed by atoms with Gasteiger partial charge in [0.05, 0.1) is 0 Å². The summed E-state index contributed by atoms with van der Waals surface area (Å²) in [6.07, 6.45) is -1.86. The number of alkyl halides is 2. The summed E-state index contributed by atoms with van der Waals surface area (Å²) >= 11 is 0. The fraction of sp³-hybridized carbons (Fsp3) is 0.500. The van der Waals surface area contributed by atoms with Gasteiger partial charge in [-0.05, 0) is 18.9 Å². The predicted octanol–water partition coefficient (Wildman–Crippen LogP) is 2.67. The Morgan fingerprint density at radius 1 is 1.25 bits per heavy atom. The topological polar surface area (TPSA) is 35.2 Å². The number of halogens is 2. The number of benzene rings is 1. The highest BCUT2D eigenvalue weighted by atomic mass is 19.3. The third-order valence-electron chi connectivity index (χ3n) is 2.32. The molecule has 4 heteroatoms. The van der Waals surface area contributed by atoms with Gasteiger partial charge in [-0.1, -0.05) is 29.8 Å². The average Bonchev–Trinajstić information content (AvgIpc) is 2.25. The lowest BCUT2D eigenvalue weighted by atomic mass is 10.0. The molecule has 1 rings (SSSR count). The van der Waals surface area contributed by atoms with E-state index in [0.29, 0.717) is 6.42 Å². The van der Waals surface area contributed by atoms with Gasteiger partial charge in [0.2, 0.25) is 0 Å². The Kier molecular flexibility index (Phi) is 5.35. The Labute approximate surface area is 94.4 Å². The summed E-state index contributed by atoms with van der Waals surface area (Å²) in [5, 5.41) is 0. The van der Waals surface area contributed by atoms with Gasteiger partial charge in [-0.25, -0.2) is 8.78 Å². The molecule has 0 aromatic heterocycles. The molecule has 1 atom stereocenters. The van der Waals surface area contributed by atoms with Crippen molar-refractivity contribution in [2.75, 3.05) is 13.2 Å². The summed E-state index contributed by atoms with van der Waals surface area (Å²) in [5.41, 5.74) is 8.07. The van der Waals surface area contributed by atoms with E-state index in [2.05, 4.69) is 0 Å². The second-order valence-corrected chi connectivity index (χ2v) is 3.77. The van der Waals surface area contributed by atoms with Crippen LogP contribution in [-0.4, -0.2) is 19.6 Å². The van der Waals surface area contributed by atoms with E-state index in [1.54, 1.807) is 0 Å². The van der Waals surface area contributed by atoms with Crippen LogP contribution < -0.4 is 5.73 Å². The number of hydrogen-bond donors (Lipinski definition) is 1. The first kappa shape index (κ1) is 13.1. The third kappa shape index (κ3) is 4.68. The van der Waals surface area contributed by atoms with E-state index in [4.69, 9.17) is 10.5 Å². The third-order valence-corrected chi connectivity index (χ3v) is 2.32. The lowest BCUT2D eigenvalue weighted by molar-refractivity contribution is 0.0152. The molecule has 0 fully saturated rings. The summed E-state index contributed by atoms with van der Waals surface area (Å²) in [5.74, 6) is 0. The van der Waals surface area contributed by atoms with E-state index in [-0.39, 0.29) is 12.6 Å². The van der Waals surface area contributed by atoms with Crippen molar-refractivity contribution in [2.24, 2.45) is 5.73 Å². The van der Waals surface area contributed by atoms with Gasteiger partial charge >= 0.3 is 0 Å². The van der Waals surface area contributed by atoms with Crippen molar-refractivity contribution >= 4 is 0 Å². The van der Waals surface area contributed by atoms with Crippen molar-refractivity contribution in [1.29, 1.82) is 0 Å². The van der Waals surface area contributed by atoms with Crippen LogP contribution >= 0.6 is 0 Å². The van der Waals surface area contributed by atoms with Gasteiger partial charge in [-0.15, -0.1) is 0 Å². The Bertz CT molecular complexity index is 300. The molecule has 0 amide bonds. The van der Waals surface area contributed by atoms with Crippen molar-refractivity contribution in [2.45, 2.75) is 25.8 Å². The molecule has 2 N–H and O–H groups in total. The normalized spacial score (nSPS) is 13.1. The van der Waals surface area contributed by atoms with E-state index in [1.165, 1.54) is 5.56 Å². The minimum absolute atomic E-state index is 0.154. The predicted molar refractivity (Wildman–Crippen MR) is 59.5 cm³/mol. The second kappa shape index (κ2) is 6.55. The zero-order chi connectivity index (χ0) is 12.0. The van der Waals surface area contributed by atoms with Gasteiger partial charge in [-0.2, -0.15) is 0 Å². The van der Waals surface area contributed by atoms with Gasteiger partial charge in [0.15, 0.2) is 0 Å². The molecule has 90 valence electrons. The first-order chi connectivity index (χ1) is 7.59. The van der Waals surface area contributed by atoms with Crippen molar-refractivity contribution in [1.82, 2.24) is 0 Å². The summed E-state index contributed by atoms with van der Waals surface area (Å²) in [7, 11) is 0. The fourth-order valence-electron chi connectivity index (χ4n) is 1.36. The smallest absolute Gasteiger partial charge is 0.261 e. The van der Waals surface area contributed by atoms with Gasteiger partial charge in [0.1, 0.15) is 6.61 Å². The largest absolute Gasteiger partial charge is 0.375 e. The van der Waals surface area contributed by atoms with Crippen molar-refractivity contribution in [3.05, 3.63) is 35.4 Å². The molecule has 2 nitrogen and oxygen atoms in total. The molecule has 16 heavy (non-hydrogen) atoms. The van der Waals surface area contributed by atoms with E-state index < -0.39 is 13.0 Å². The molecule has 0 aliphatic carbocycles. The van der Waals surface area contributed by atoms with Gasteiger partial charge in [-0.3, -0.25) is 0 Å². The van der Waals surface area contributed by atoms with E-state index >= 15 is 0 Å². The van der Waals surface area contributed by atoms with Gasteiger partial charge in [0, 0.05) is 12.6 Å². The van der Waals surface area contributed by atoms with Crippen LogP contribution in [0.15, 0.2) is 24.3 Å². The average molecular weight is 229 g/mol. The van der Waals surface area contributed by atoms with Crippen molar-refractivity contribution in [3.63, 3.8) is 0 Å². The molecule has 0 radical (unpaired) electrons. The second-order valence-electron chi connectivity index (χ2n) is 3.77. The SMILES string of the molecule is Cc1ccc(C(N)CCOCC(F)F)cc1. The van der Waals surface area contributed by atoms with Crippen LogP contribution in [0.25, 0.3) is 0 Å². The zero-order valence-corrected chi connectivity index (χ0v) is 9.33. The molecule has 0 saturated heterocycles. The monoisotopic (exact) mass is 229 g/mol. The van der Waals surface area contributed by atoms with Gasteiger partial charge < -0.3 is 10.5 Å². The molecule has 0 spiro atoms. The molecule has 0 aliphatic rings. The number of rotatable bonds is 6. The van der Waals surface area contributed by atoms with Crippen LogP contribution in [0.1, 0.15) is 23.6 Å². The van der Waals surface area contributed by atoms with E-state index in [9.17, 15) is 8.78 Å².